The number of hydrogen-bond donors (Lipinski definition) is 2. The number of amides is 3. The van der Waals surface area contributed by atoms with Crippen LogP contribution in [0.2, 0.25) is 0 Å². The molecule has 4 rings (SSSR count). The number of aryl methyl sites for hydroxylation is 1. The summed E-state index contributed by atoms with van der Waals surface area (Å²) in [7, 11) is 2.26. The minimum Gasteiger partial charge on any atom is -0.444 e. The highest BCUT2D eigenvalue weighted by molar-refractivity contribution is 6.01. The maximum Gasteiger partial charge on any atom is 0.407 e. The average Bonchev–Trinajstić information content (AvgIpc) is 2.84. The number of hydrogen-bond acceptors (Lipinski definition) is 6. The Morgan fingerprint density at radius 1 is 1.08 bits per heavy atom. The largest absolute Gasteiger partial charge is 0.444 e. The van der Waals surface area contributed by atoms with Crippen molar-refractivity contribution in [3.05, 3.63) is 29.3 Å². The van der Waals surface area contributed by atoms with E-state index in [9.17, 15) is 14.4 Å². The first-order valence-corrected chi connectivity index (χ1v) is 14.4. The Morgan fingerprint density at radius 3 is 2.37 bits per heavy atom. The van der Waals surface area contributed by atoms with Gasteiger partial charge in [-0.2, -0.15) is 0 Å². The molecule has 2 saturated heterocycles. The van der Waals surface area contributed by atoms with Gasteiger partial charge in [0.1, 0.15) is 5.60 Å². The second-order valence-electron chi connectivity index (χ2n) is 12.6. The highest BCUT2D eigenvalue weighted by atomic mass is 16.6. The molecule has 3 aliphatic rings. The Labute approximate surface area is 227 Å². The summed E-state index contributed by atoms with van der Waals surface area (Å²) in [5.41, 5.74) is 2.99. The molecule has 1 unspecified atom stereocenters. The molecule has 1 saturated carbocycles. The molecular weight excluding hydrogens is 480 g/mol. The molecule has 2 aliphatic heterocycles. The fraction of sp³-hybridized carbons (Fsp3) is 0.700. The van der Waals surface area contributed by atoms with E-state index in [1.807, 2.05) is 20.8 Å². The molecule has 1 atom stereocenters. The molecule has 8 heteroatoms. The predicted molar refractivity (Wildman–Crippen MR) is 149 cm³/mol. The summed E-state index contributed by atoms with van der Waals surface area (Å²) >= 11 is 0. The molecule has 8 nitrogen and oxygen atoms in total. The molecule has 1 aromatic rings. The summed E-state index contributed by atoms with van der Waals surface area (Å²) in [5.74, 6) is 0.115. The Kier molecular flexibility index (Phi) is 9.01. The van der Waals surface area contributed by atoms with Crippen LogP contribution in [0.5, 0.6) is 0 Å². The lowest BCUT2D eigenvalue weighted by Gasteiger charge is -2.39. The fourth-order valence-electron chi connectivity index (χ4n) is 6.31. The van der Waals surface area contributed by atoms with E-state index in [2.05, 4.69) is 52.6 Å². The van der Waals surface area contributed by atoms with Crippen LogP contribution in [0.4, 0.5) is 10.5 Å². The number of carbonyl (C=O) groups excluding carboxylic acids is 3. The molecule has 3 amide bonds. The summed E-state index contributed by atoms with van der Waals surface area (Å²) in [5, 5.41) is 5.52. The standard InChI is InChI=1S/C30H46N4O4/c1-20-18-22(25-11-13-27(35)32-28(25)36)6-12-26(20)34-16-14-21(15-17-34)19-33(5)24-9-7-23(8-10-24)31-29(37)38-30(2,3)4/h6,12,18,21,23-25H,7-11,13-17,19H2,1-5H3,(H,31,37)(H,32,35,36). The number of imide groups is 1. The van der Waals surface area contributed by atoms with Crippen LogP contribution in [0.15, 0.2) is 18.2 Å². The number of carbonyl (C=O) groups is 3. The van der Waals surface area contributed by atoms with Crippen molar-refractivity contribution in [3.8, 4) is 0 Å². The van der Waals surface area contributed by atoms with Crippen LogP contribution < -0.4 is 15.5 Å². The quantitative estimate of drug-likeness (QED) is 0.531. The maximum absolute atomic E-state index is 12.3. The van der Waals surface area contributed by atoms with E-state index in [-0.39, 0.29) is 29.9 Å². The Balaban J connectivity index is 1.21. The molecule has 210 valence electrons. The third-order valence-corrected chi connectivity index (χ3v) is 8.40. The number of alkyl carbamates (subject to hydrolysis) is 1. The van der Waals surface area contributed by atoms with Gasteiger partial charge in [0, 0.05) is 43.8 Å². The van der Waals surface area contributed by atoms with Crippen LogP contribution in [0.25, 0.3) is 0 Å². The first-order valence-electron chi connectivity index (χ1n) is 14.4. The van der Waals surface area contributed by atoms with E-state index in [1.165, 1.54) is 24.1 Å². The molecule has 0 bridgehead atoms. The van der Waals surface area contributed by atoms with Crippen LogP contribution >= 0.6 is 0 Å². The number of nitrogens with zero attached hydrogens (tertiary/aromatic N) is 2. The van der Waals surface area contributed by atoms with Crippen molar-refractivity contribution in [1.82, 2.24) is 15.5 Å². The summed E-state index contributed by atoms with van der Waals surface area (Å²) in [4.78, 5) is 40.9. The van der Waals surface area contributed by atoms with Crippen molar-refractivity contribution in [2.24, 2.45) is 5.92 Å². The summed E-state index contributed by atoms with van der Waals surface area (Å²) < 4.78 is 5.41. The predicted octanol–water partition coefficient (Wildman–Crippen LogP) is 4.50. The number of nitrogens with one attached hydrogen (secondary N) is 2. The molecule has 3 fully saturated rings. The molecule has 0 aromatic heterocycles. The molecule has 2 heterocycles. The average molecular weight is 527 g/mol. The van der Waals surface area contributed by atoms with Crippen LogP contribution in [0.1, 0.15) is 89.2 Å². The zero-order valence-corrected chi connectivity index (χ0v) is 23.8. The van der Waals surface area contributed by atoms with Crippen molar-refractivity contribution < 1.29 is 19.1 Å². The van der Waals surface area contributed by atoms with Gasteiger partial charge in [-0.3, -0.25) is 14.9 Å². The normalized spacial score (nSPS) is 25.3. The zero-order chi connectivity index (χ0) is 27.4. The second-order valence-corrected chi connectivity index (χ2v) is 12.6. The smallest absolute Gasteiger partial charge is 0.407 e. The molecule has 0 spiro atoms. The molecule has 1 aromatic carbocycles. The molecule has 2 N–H and O–H groups in total. The van der Waals surface area contributed by atoms with Crippen LogP contribution in [-0.2, 0) is 14.3 Å². The van der Waals surface area contributed by atoms with Gasteiger partial charge < -0.3 is 19.9 Å². The highest BCUT2D eigenvalue weighted by Crippen LogP contribution is 2.32. The van der Waals surface area contributed by atoms with Gasteiger partial charge in [-0.1, -0.05) is 12.1 Å². The first-order chi connectivity index (χ1) is 18.0. The van der Waals surface area contributed by atoms with Gasteiger partial charge in [-0.15, -0.1) is 0 Å². The van der Waals surface area contributed by atoms with E-state index in [0.717, 1.165) is 50.9 Å². The minimum absolute atomic E-state index is 0.170. The maximum atomic E-state index is 12.3. The lowest BCUT2D eigenvalue weighted by atomic mass is 9.88. The molecule has 1 aliphatic carbocycles. The number of benzene rings is 1. The van der Waals surface area contributed by atoms with E-state index in [1.54, 1.807) is 0 Å². The zero-order valence-electron chi connectivity index (χ0n) is 23.8. The van der Waals surface area contributed by atoms with Gasteiger partial charge in [-0.25, -0.2) is 4.79 Å². The second kappa shape index (κ2) is 12.1. The summed E-state index contributed by atoms with van der Waals surface area (Å²) in [6, 6.07) is 7.14. The van der Waals surface area contributed by atoms with E-state index in [4.69, 9.17) is 4.74 Å². The van der Waals surface area contributed by atoms with E-state index in [0.29, 0.717) is 24.8 Å². The Bertz CT molecular complexity index is 1000. The van der Waals surface area contributed by atoms with Crippen molar-refractivity contribution >= 4 is 23.6 Å². The van der Waals surface area contributed by atoms with Gasteiger partial charge in [0.2, 0.25) is 11.8 Å². The lowest BCUT2D eigenvalue weighted by Crippen LogP contribution is -2.46. The monoisotopic (exact) mass is 526 g/mol. The van der Waals surface area contributed by atoms with Gasteiger partial charge in [-0.05, 0) is 103 Å². The van der Waals surface area contributed by atoms with Crippen molar-refractivity contribution in [1.29, 1.82) is 0 Å². The highest BCUT2D eigenvalue weighted by Gasteiger charge is 2.30. The summed E-state index contributed by atoms with van der Waals surface area (Å²) in [6.45, 7) is 11.0. The van der Waals surface area contributed by atoms with E-state index >= 15 is 0 Å². The van der Waals surface area contributed by atoms with Gasteiger partial charge in [0.25, 0.3) is 0 Å². The van der Waals surface area contributed by atoms with Gasteiger partial charge >= 0.3 is 6.09 Å². The van der Waals surface area contributed by atoms with Crippen molar-refractivity contribution in [3.63, 3.8) is 0 Å². The minimum atomic E-state index is -0.463. The lowest BCUT2D eigenvalue weighted by molar-refractivity contribution is -0.134. The molecule has 38 heavy (non-hydrogen) atoms. The fourth-order valence-corrected chi connectivity index (χ4v) is 6.31. The first kappa shape index (κ1) is 28.4. The van der Waals surface area contributed by atoms with Crippen LogP contribution in [-0.4, -0.2) is 67.2 Å². The number of anilines is 1. The molecular formula is C30H46N4O4. The van der Waals surface area contributed by atoms with Gasteiger partial charge in [0.05, 0.1) is 5.92 Å². The number of rotatable bonds is 6. The van der Waals surface area contributed by atoms with E-state index < -0.39 is 5.60 Å². The Morgan fingerprint density at radius 2 is 1.76 bits per heavy atom. The number of piperidine rings is 2. The SMILES string of the molecule is Cc1cc(C2CCC(=O)NC2=O)ccc1N1CCC(CN(C)C2CCC(NC(=O)OC(C)(C)C)CC2)CC1. The van der Waals surface area contributed by atoms with Gasteiger partial charge in [0.15, 0.2) is 0 Å². The van der Waals surface area contributed by atoms with Crippen LogP contribution in [0.3, 0.4) is 0 Å². The third-order valence-electron chi connectivity index (χ3n) is 8.40. The van der Waals surface area contributed by atoms with Crippen LogP contribution in [0, 0.1) is 12.8 Å². The van der Waals surface area contributed by atoms with Crippen molar-refractivity contribution in [2.75, 3.05) is 31.6 Å². The van der Waals surface area contributed by atoms with Crippen molar-refractivity contribution in [2.45, 2.75) is 103 Å². The topological polar surface area (TPSA) is 91.0 Å². The molecule has 0 radical (unpaired) electrons. The number of ether oxygens (including phenoxy) is 1. The summed E-state index contributed by atoms with van der Waals surface area (Å²) in [6.07, 6.45) is 7.25. The third kappa shape index (κ3) is 7.49. The Hall–Kier alpha value is -2.61.